The zero-order valence-electron chi connectivity index (χ0n) is 10.7. The average molecular weight is 296 g/mol. The van der Waals surface area contributed by atoms with Crippen LogP contribution in [0.5, 0.6) is 5.88 Å². The highest BCUT2D eigenvalue weighted by Gasteiger charge is 2.16. The topological polar surface area (TPSA) is 67.2 Å². The lowest BCUT2D eigenvalue weighted by atomic mass is 10.3. The maximum Gasteiger partial charge on any atom is 0.311 e. The largest absolute Gasteiger partial charge is 0.493 e. The first kappa shape index (κ1) is 14.3. The van der Waals surface area contributed by atoms with Gasteiger partial charge in [-0.3, -0.25) is 9.36 Å². The average Bonchev–Trinajstić information content (AvgIpc) is 2.66. The van der Waals surface area contributed by atoms with Crippen LogP contribution in [0.1, 0.15) is 12.6 Å². The van der Waals surface area contributed by atoms with Crippen molar-refractivity contribution in [3.8, 4) is 11.6 Å². The van der Waals surface area contributed by atoms with Crippen molar-refractivity contribution in [2.24, 2.45) is 0 Å². The molecule has 0 saturated carbocycles. The van der Waals surface area contributed by atoms with E-state index in [4.69, 9.17) is 17.0 Å². The van der Waals surface area contributed by atoms with E-state index in [0.29, 0.717) is 5.69 Å². The van der Waals surface area contributed by atoms with Crippen LogP contribution in [0.15, 0.2) is 24.3 Å². The van der Waals surface area contributed by atoms with Crippen molar-refractivity contribution in [3.63, 3.8) is 0 Å². The van der Waals surface area contributed by atoms with Crippen LogP contribution in [0.2, 0.25) is 0 Å². The second kappa shape index (κ2) is 5.87. The molecule has 0 unspecified atom stereocenters. The minimum atomic E-state index is -0.467. The molecule has 2 aromatic rings. The molecular weight excluding hydrogens is 283 g/mol. The number of nitrogens with one attached hydrogen (secondary N) is 1. The van der Waals surface area contributed by atoms with E-state index in [9.17, 15) is 14.3 Å². The number of imidazole rings is 1. The number of H-pyrrole nitrogens is 1. The summed E-state index contributed by atoms with van der Waals surface area (Å²) in [4.78, 5) is 14.2. The van der Waals surface area contributed by atoms with Gasteiger partial charge in [0.05, 0.1) is 24.4 Å². The number of aromatic amines is 1. The fourth-order valence-electron chi connectivity index (χ4n) is 1.78. The number of aromatic nitrogens is 2. The summed E-state index contributed by atoms with van der Waals surface area (Å²) in [5.74, 6) is -1.04. The Balaban J connectivity index is 2.36. The van der Waals surface area contributed by atoms with Crippen molar-refractivity contribution in [1.82, 2.24) is 9.55 Å². The fourth-order valence-corrected chi connectivity index (χ4v) is 2.10. The second-order valence-corrected chi connectivity index (χ2v) is 4.41. The number of aromatic hydroxyl groups is 1. The molecule has 1 heterocycles. The van der Waals surface area contributed by atoms with Crippen LogP contribution < -0.4 is 0 Å². The quantitative estimate of drug-likeness (QED) is 0.672. The first-order chi connectivity index (χ1) is 9.52. The highest BCUT2D eigenvalue weighted by Crippen LogP contribution is 2.23. The molecule has 0 fully saturated rings. The molecule has 1 aromatic heterocycles. The molecule has 0 aliphatic heterocycles. The molecule has 2 N–H and O–H groups in total. The number of hydrogen-bond acceptors (Lipinski definition) is 4. The Kier molecular flexibility index (Phi) is 4.19. The number of hydrogen-bond donors (Lipinski definition) is 2. The molecule has 5 nitrogen and oxygen atoms in total. The normalized spacial score (nSPS) is 10.5. The van der Waals surface area contributed by atoms with Gasteiger partial charge in [-0.05, 0) is 43.4 Å². The molecule has 1 aromatic carbocycles. The van der Waals surface area contributed by atoms with Gasteiger partial charge in [0.15, 0.2) is 4.77 Å². The van der Waals surface area contributed by atoms with E-state index in [1.807, 2.05) is 0 Å². The zero-order chi connectivity index (χ0) is 14.7. The highest BCUT2D eigenvalue weighted by molar-refractivity contribution is 7.71. The minimum Gasteiger partial charge on any atom is -0.493 e. The van der Waals surface area contributed by atoms with E-state index in [-0.39, 0.29) is 35.2 Å². The maximum atomic E-state index is 12.9. The van der Waals surface area contributed by atoms with Gasteiger partial charge in [0, 0.05) is 0 Å². The van der Waals surface area contributed by atoms with Crippen molar-refractivity contribution in [2.75, 3.05) is 6.61 Å². The summed E-state index contributed by atoms with van der Waals surface area (Å²) in [6.07, 6.45) is -0.114. The third-order valence-electron chi connectivity index (χ3n) is 2.65. The van der Waals surface area contributed by atoms with E-state index in [2.05, 4.69) is 4.98 Å². The Labute approximate surface area is 119 Å². The number of ether oxygens (including phenoxy) is 1. The molecule has 0 aliphatic rings. The predicted molar refractivity (Wildman–Crippen MR) is 72.9 cm³/mol. The van der Waals surface area contributed by atoms with Crippen LogP contribution in [0.4, 0.5) is 4.39 Å². The number of rotatable bonds is 4. The van der Waals surface area contributed by atoms with Gasteiger partial charge in [-0.2, -0.15) is 0 Å². The van der Waals surface area contributed by atoms with E-state index in [1.165, 1.54) is 28.8 Å². The van der Waals surface area contributed by atoms with Gasteiger partial charge < -0.3 is 14.8 Å². The van der Waals surface area contributed by atoms with Gasteiger partial charge in [-0.15, -0.1) is 0 Å². The molecule has 20 heavy (non-hydrogen) atoms. The number of carbonyl (C=O) groups is 1. The Hall–Kier alpha value is -2.15. The number of carbonyl (C=O) groups excluding carboxylic acids is 1. The lowest BCUT2D eigenvalue weighted by Crippen LogP contribution is -2.07. The summed E-state index contributed by atoms with van der Waals surface area (Å²) in [5.41, 5.74) is 0.762. The summed E-state index contributed by atoms with van der Waals surface area (Å²) in [6, 6.07) is 5.48. The molecular formula is C13H13FN2O3S. The molecule has 0 atom stereocenters. The SMILES string of the molecule is CCOC(=O)Cc1[nH]c(=S)n(-c2ccc(F)cc2)c1O. The van der Waals surface area contributed by atoms with Crippen molar-refractivity contribution in [2.45, 2.75) is 13.3 Å². The molecule has 106 valence electrons. The van der Waals surface area contributed by atoms with Gasteiger partial charge in [-0.1, -0.05) is 0 Å². The molecule has 7 heteroatoms. The van der Waals surface area contributed by atoms with Crippen LogP contribution >= 0.6 is 12.2 Å². The minimum absolute atomic E-state index is 0.114. The number of nitrogens with zero attached hydrogens (tertiary/aromatic N) is 1. The highest BCUT2D eigenvalue weighted by atomic mass is 32.1. The van der Waals surface area contributed by atoms with E-state index >= 15 is 0 Å². The Morgan fingerprint density at radius 3 is 2.70 bits per heavy atom. The van der Waals surface area contributed by atoms with Crippen LogP contribution in [-0.4, -0.2) is 27.2 Å². The van der Waals surface area contributed by atoms with E-state index in [1.54, 1.807) is 6.92 Å². The first-order valence-electron chi connectivity index (χ1n) is 5.97. The third-order valence-corrected chi connectivity index (χ3v) is 2.94. The van der Waals surface area contributed by atoms with Crippen LogP contribution in [0, 0.1) is 10.6 Å². The molecule has 0 amide bonds. The standard InChI is InChI=1S/C13H13FN2O3S/c1-2-19-11(17)7-10-12(18)16(13(20)15-10)9-5-3-8(14)4-6-9/h3-6,18H,2,7H2,1H3,(H,15,20). The van der Waals surface area contributed by atoms with Gasteiger partial charge in [0.1, 0.15) is 5.82 Å². The zero-order valence-corrected chi connectivity index (χ0v) is 11.5. The van der Waals surface area contributed by atoms with Crippen molar-refractivity contribution < 1.29 is 19.0 Å². The summed E-state index contributed by atoms with van der Waals surface area (Å²) in [5, 5.41) is 10.1. The van der Waals surface area contributed by atoms with Gasteiger partial charge >= 0.3 is 5.97 Å². The summed E-state index contributed by atoms with van der Waals surface area (Å²) in [7, 11) is 0. The maximum absolute atomic E-state index is 12.9. The number of halogens is 1. The monoisotopic (exact) mass is 296 g/mol. The number of esters is 1. The molecule has 0 aliphatic carbocycles. The van der Waals surface area contributed by atoms with Crippen molar-refractivity contribution in [1.29, 1.82) is 0 Å². The Morgan fingerprint density at radius 1 is 1.45 bits per heavy atom. The van der Waals surface area contributed by atoms with Crippen molar-refractivity contribution >= 4 is 18.2 Å². The van der Waals surface area contributed by atoms with E-state index < -0.39 is 5.97 Å². The van der Waals surface area contributed by atoms with Gasteiger partial charge in [0.25, 0.3) is 0 Å². The van der Waals surface area contributed by atoms with Crippen LogP contribution in [0.3, 0.4) is 0 Å². The second-order valence-electron chi connectivity index (χ2n) is 4.03. The van der Waals surface area contributed by atoms with Gasteiger partial charge in [0.2, 0.25) is 5.88 Å². The Morgan fingerprint density at radius 2 is 2.10 bits per heavy atom. The lowest BCUT2D eigenvalue weighted by molar-refractivity contribution is -0.142. The smallest absolute Gasteiger partial charge is 0.311 e. The molecule has 0 bridgehead atoms. The Bertz CT molecular complexity index is 676. The van der Waals surface area contributed by atoms with Gasteiger partial charge in [-0.25, -0.2) is 4.39 Å². The molecule has 2 rings (SSSR count). The molecule has 0 radical (unpaired) electrons. The first-order valence-corrected chi connectivity index (χ1v) is 6.38. The van der Waals surface area contributed by atoms with Crippen molar-refractivity contribution in [3.05, 3.63) is 40.5 Å². The lowest BCUT2D eigenvalue weighted by Gasteiger charge is -2.04. The fraction of sp³-hybridized carbons (Fsp3) is 0.231. The van der Waals surface area contributed by atoms with Crippen LogP contribution in [-0.2, 0) is 16.0 Å². The van der Waals surface area contributed by atoms with E-state index in [0.717, 1.165) is 0 Å². The summed E-state index contributed by atoms with van der Waals surface area (Å²) < 4.78 is 19.2. The summed E-state index contributed by atoms with van der Waals surface area (Å²) >= 11 is 5.09. The summed E-state index contributed by atoms with van der Waals surface area (Å²) in [6.45, 7) is 1.96. The predicted octanol–water partition coefficient (Wildman–Crippen LogP) is 2.49. The third kappa shape index (κ3) is 2.88. The van der Waals surface area contributed by atoms with Crippen LogP contribution in [0.25, 0.3) is 5.69 Å². The molecule has 0 saturated heterocycles. The molecule has 0 spiro atoms. The number of benzene rings is 1.